The van der Waals surface area contributed by atoms with Gasteiger partial charge in [0, 0.05) is 33.0 Å². The zero-order valence-corrected chi connectivity index (χ0v) is 31.8. The SMILES string of the molecule is c1ccc(-c2ccccc2N(c2ccc(-c3ccccc3-n3c4ccccc4c4ccccc43)cc2)c2ccc(-c3cccc4ccccc34)c3ccccc23)cc1. The molecule has 0 N–H and O–H groups in total. The van der Waals surface area contributed by atoms with Crippen LogP contribution < -0.4 is 4.90 Å². The van der Waals surface area contributed by atoms with Crippen molar-refractivity contribution in [1.29, 1.82) is 0 Å². The quantitative estimate of drug-likeness (QED) is 0.158. The first-order chi connectivity index (χ1) is 28.8. The number of rotatable bonds is 7. The second-order valence-electron chi connectivity index (χ2n) is 14.9. The topological polar surface area (TPSA) is 8.17 Å². The standard InChI is InChI=1S/C56H38N2/c1-2-17-40(18-3-1)44-22-8-12-29-52(44)57(56-38-37-48(47-24-6-7-25-49(47)56)46-28-16-20-39-19-4-5-21-43(39)46)42-35-33-41(34-36-42)45-23-9-13-30-53(45)58-54-31-14-10-26-50(54)51-27-11-15-32-55(51)58/h1-38H. The molecule has 2 nitrogen and oxygen atoms in total. The van der Waals surface area contributed by atoms with E-state index in [0.717, 1.165) is 28.3 Å². The summed E-state index contributed by atoms with van der Waals surface area (Å²) in [5, 5.41) is 7.42. The molecule has 2 heteroatoms. The lowest BCUT2D eigenvalue weighted by molar-refractivity contribution is 1.18. The highest BCUT2D eigenvalue weighted by atomic mass is 15.1. The summed E-state index contributed by atoms with van der Waals surface area (Å²) in [6, 6.07) is 83.7. The van der Waals surface area contributed by atoms with Crippen molar-refractivity contribution in [3.05, 3.63) is 231 Å². The largest absolute Gasteiger partial charge is 0.309 e. The van der Waals surface area contributed by atoms with Crippen molar-refractivity contribution in [3.8, 4) is 39.1 Å². The minimum atomic E-state index is 1.09. The maximum Gasteiger partial charge on any atom is 0.0541 e. The van der Waals surface area contributed by atoms with Crippen LogP contribution in [0.5, 0.6) is 0 Å². The zero-order chi connectivity index (χ0) is 38.4. The average Bonchev–Trinajstić information content (AvgIpc) is 3.64. The molecular weight excluding hydrogens is 701 g/mol. The number of nitrogens with zero attached hydrogens (tertiary/aromatic N) is 2. The van der Waals surface area contributed by atoms with Crippen LogP contribution in [-0.2, 0) is 0 Å². The number of para-hydroxylation sites is 4. The summed E-state index contributed by atoms with van der Waals surface area (Å²) in [5.74, 6) is 0. The fraction of sp³-hybridized carbons (Fsp3) is 0. The summed E-state index contributed by atoms with van der Waals surface area (Å²) < 4.78 is 2.42. The van der Waals surface area contributed by atoms with E-state index in [1.54, 1.807) is 0 Å². The summed E-state index contributed by atoms with van der Waals surface area (Å²) in [5.41, 5.74) is 14.1. The molecule has 0 radical (unpaired) electrons. The van der Waals surface area contributed by atoms with Crippen molar-refractivity contribution >= 4 is 60.4 Å². The van der Waals surface area contributed by atoms with Crippen molar-refractivity contribution in [3.63, 3.8) is 0 Å². The number of benzene rings is 10. The molecule has 0 saturated heterocycles. The molecule has 1 heterocycles. The average molecular weight is 739 g/mol. The molecule has 11 aromatic rings. The molecule has 0 spiro atoms. The number of fused-ring (bicyclic) bond motifs is 5. The third kappa shape index (κ3) is 5.57. The van der Waals surface area contributed by atoms with Gasteiger partial charge in [-0.05, 0) is 80.9 Å². The zero-order valence-electron chi connectivity index (χ0n) is 31.8. The Morgan fingerprint density at radius 3 is 1.55 bits per heavy atom. The number of hydrogen-bond donors (Lipinski definition) is 0. The first-order valence-electron chi connectivity index (χ1n) is 19.9. The van der Waals surface area contributed by atoms with E-state index < -0.39 is 0 Å². The van der Waals surface area contributed by atoms with Crippen molar-refractivity contribution in [2.75, 3.05) is 4.90 Å². The fourth-order valence-corrected chi connectivity index (χ4v) is 9.00. The second kappa shape index (κ2) is 14.1. The monoisotopic (exact) mass is 738 g/mol. The first kappa shape index (κ1) is 33.6. The molecule has 0 amide bonds. The van der Waals surface area contributed by atoms with Crippen LogP contribution in [0.15, 0.2) is 231 Å². The van der Waals surface area contributed by atoms with Crippen LogP contribution >= 0.6 is 0 Å². The summed E-state index contributed by atoms with van der Waals surface area (Å²) in [6.07, 6.45) is 0. The predicted octanol–water partition coefficient (Wildman–Crippen LogP) is 15.6. The fourth-order valence-electron chi connectivity index (χ4n) is 9.00. The van der Waals surface area contributed by atoms with Crippen molar-refractivity contribution < 1.29 is 0 Å². The van der Waals surface area contributed by atoms with Gasteiger partial charge in [0.15, 0.2) is 0 Å². The van der Waals surface area contributed by atoms with Gasteiger partial charge in [-0.25, -0.2) is 0 Å². The summed E-state index contributed by atoms with van der Waals surface area (Å²) >= 11 is 0. The van der Waals surface area contributed by atoms with Gasteiger partial charge in [-0.2, -0.15) is 0 Å². The molecule has 0 saturated carbocycles. The minimum absolute atomic E-state index is 1.09. The molecule has 58 heavy (non-hydrogen) atoms. The van der Waals surface area contributed by atoms with Crippen molar-refractivity contribution in [2.45, 2.75) is 0 Å². The van der Waals surface area contributed by atoms with Crippen molar-refractivity contribution in [1.82, 2.24) is 4.57 Å². The lowest BCUT2D eigenvalue weighted by Crippen LogP contribution is -2.12. The van der Waals surface area contributed by atoms with E-state index in [9.17, 15) is 0 Å². The third-order valence-corrected chi connectivity index (χ3v) is 11.6. The molecule has 0 unspecified atom stereocenters. The van der Waals surface area contributed by atoms with Crippen molar-refractivity contribution in [2.24, 2.45) is 0 Å². The van der Waals surface area contributed by atoms with Gasteiger partial charge in [0.05, 0.1) is 28.1 Å². The number of aromatic nitrogens is 1. The highest BCUT2D eigenvalue weighted by molar-refractivity contribution is 6.12. The van der Waals surface area contributed by atoms with Crippen LogP contribution in [0.25, 0.3) is 82.4 Å². The molecule has 1 aromatic heterocycles. The van der Waals surface area contributed by atoms with E-state index in [1.807, 2.05) is 0 Å². The first-order valence-corrected chi connectivity index (χ1v) is 19.9. The lowest BCUT2D eigenvalue weighted by Gasteiger charge is -2.30. The van der Waals surface area contributed by atoms with E-state index in [1.165, 1.54) is 71.2 Å². The maximum atomic E-state index is 2.44. The lowest BCUT2D eigenvalue weighted by atomic mass is 9.92. The number of anilines is 3. The van der Waals surface area contributed by atoms with Crippen LogP contribution in [-0.4, -0.2) is 4.57 Å². The Labute approximate surface area is 338 Å². The number of hydrogen-bond acceptors (Lipinski definition) is 1. The molecular formula is C56H38N2. The van der Waals surface area contributed by atoms with Gasteiger partial charge < -0.3 is 9.47 Å². The summed E-state index contributed by atoms with van der Waals surface area (Å²) in [4.78, 5) is 2.44. The molecule has 272 valence electrons. The maximum absolute atomic E-state index is 2.44. The molecule has 0 aliphatic heterocycles. The molecule has 10 aromatic carbocycles. The van der Waals surface area contributed by atoms with E-state index >= 15 is 0 Å². The summed E-state index contributed by atoms with van der Waals surface area (Å²) in [7, 11) is 0. The smallest absolute Gasteiger partial charge is 0.0541 e. The van der Waals surface area contributed by atoms with Crippen LogP contribution in [0.1, 0.15) is 0 Å². The van der Waals surface area contributed by atoms with Crippen LogP contribution in [0, 0.1) is 0 Å². The second-order valence-corrected chi connectivity index (χ2v) is 14.9. The Kier molecular flexibility index (Phi) is 8.19. The minimum Gasteiger partial charge on any atom is -0.309 e. The Morgan fingerprint density at radius 1 is 0.276 bits per heavy atom. The highest BCUT2D eigenvalue weighted by Crippen LogP contribution is 2.46. The molecule has 11 rings (SSSR count). The van der Waals surface area contributed by atoms with Gasteiger partial charge in [0.25, 0.3) is 0 Å². The van der Waals surface area contributed by atoms with Gasteiger partial charge in [-0.1, -0.05) is 188 Å². The Bertz CT molecular complexity index is 3220. The highest BCUT2D eigenvalue weighted by Gasteiger charge is 2.22. The van der Waals surface area contributed by atoms with Crippen LogP contribution in [0.4, 0.5) is 17.1 Å². The van der Waals surface area contributed by atoms with Crippen LogP contribution in [0.2, 0.25) is 0 Å². The van der Waals surface area contributed by atoms with E-state index in [0.29, 0.717) is 0 Å². The molecule has 0 atom stereocenters. The van der Waals surface area contributed by atoms with Crippen LogP contribution in [0.3, 0.4) is 0 Å². The van der Waals surface area contributed by atoms with Gasteiger partial charge in [-0.15, -0.1) is 0 Å². The van der Waals surface area contributed by atoms with E-state index in [-0.39, 0.29) is 0 Å². The van der Waals surface area contributed by atoms with Gasteiger partial charge in [-0.3, -0.25) is 0 Å². The van der Waals surface area contributed by atoms with E-state index in [4.69, 9.17) is 0 Å². The predicted molar refractivity (Wildman–Crippen MR) is 247 cm³/mol. The molecule has 0 bridgehead atoms. The molecule has 0 aliphatic rings. The molecule has 0 fully saturated rings. The normalized spacial score (nSPS) is 11.4. The Morgan fingerprint density at radius 2 is 0.793 bits per heavy atom. The van der Waals surface area contributed by atoms with Gasteiger partial charge in [0.2, 0.25) is 0 Å². The Balaban J connectivity index is 1.10. The Hall–Kier alpha value is -7.68. The molecule has 0 aliphatic carbocycles. The van der Waals surface area contributed by atoms with E-state index in [2.05, 4.69) is 240 Å². The third-order valence-electron chi connectivity index (χ3n) is 11.6. The van der Waals surface area contributed by atoms with Gasteiger partial charge >= 0.3 is 0 Å². The summed E-state index contributed by atoms with van der Waals surface area (Å²) in [6.45, 7) is 0. The van der Waals surface area contributed by atoms with Gasteiger partial charge in [0.1, 0.15) is 0 Å².